The number of nitrogens with zero attached hydrogens (tertiary/aromatic N) is 2. The molecule has 0 atom stereocenters. The van der Waals surface area contributed by atoms with Gasteiger partial charge in [0.2, 0.25) is 0 Å². The zero-order valence-corrected chi connectivity index (χ0v) is 8.14. The van der Waals surface area contributed by atoms with Crippen LogP contribution in [0.2, 0.25) is 0 Å². The van der Waals surface area contributed by atoms with E-state index in [2.05, 4.69) is 4.57 Å². The molecule has 15 heavy (non-hydrogen) atoms. The molecule has 0 fully saturated rings. The number of rotatable bonds is 1. The lowest BCUT2D eigenvalue weighted by atomic mass is 10.2. The molecule has 0 N–H and O–H groups in total. The molecule has 2 aromatic rings. The van der Waals surface area contributed by atoms with Gasteiger partial charge in [0.1, 0.15) is 0 Å². The number of nitro groups is 1. The van der Waals surface area contributed by atoms with Crippen LogP contribution in [0.3, 0.4) is 0 Å². The summed E-state index contributed by atoms with van der Waals surface area (Å²) in [6, 6.07) is 7.24. The Morgan fingerprint density at radius 2 is 2.27 bits per heavy atom. The van der Waals surface area contributed by atoms with Gasteiger partial charge in [-0.3, -0.25) is 10.1 Å². The smallest absolute Gasteiger partial charge is 0.278 e. The Hall–Kier alpha value is -1.84. The van der Waals surface area contributed by atoms with Crippen molar-refractivity contribution < 1.29 is 4.92 Å². The lowest BCUT2D eigenvalue weighted by Gasteiger charge is -1.99. The quantitative estimate of drug-likeness (QED) is 0.527. The maximum Gasteiger partial charge on any atom is 0.278 e. The van der Waals surface area contributed by atoms with Crippen molar-refractivity contribution in [2.24, 2.45) is 0 Å². The summed E-state index contributed by atoms with van der Waals surface area (Å²) in [5, 5.41) is 11.6. The van der Waals surface area contributed by atoms with Crippen LogP contribution in [0.1, 0.15) is 12.1 Å². The normalized spacial score (nSPS) is 14.4. The fourth-order valence-corrected chi connectivity index (χ4v) is 2.37. The number of non-ortho nitro benzene ring substituents is 1. The van der Waals surface area contributed by atoms with Gasteiger partial charge in [0, 0.05) is 18.3 Å². The summed E-state index contributed by atoms with van der Waals surface area (Å²) in [7, 11) is 0. The van der Waals surface area contributed by atoms with E-state index in [1.807, 2.05) is 12.1 Å². The second-order valence-electron chi connectivity index (χ2n) is 3.86. The zero-order valence-electron chi connectivity index (χ0n) is 8.14. The lowest BCUT2D eigenvalue weighted by molar-refractivity contribution is -0.383. The van der Waals surface area contributed by atoms with E-state index in [1.165, 1.54) is 5.69 Å². The predicted molar refractivity (Wildman–Crippen MR) is 56.9 cm³/mol. The Labute approximate surface area is 86.3 Å². The lowest BCUT2D eigenvalue weighted by Crippen LogP contribution is -1.92. The average molecular weight is 202 g/mol. The number of benzene rings is 1. The first-order valence-electron chi connectivity index (χ1n) is 5.03. The molecule has 2 heterocycles. The number of fused-ring (bicyclic) bond motifs is 3. The number of nitro benzene ring substituents is 1. The molecule has 0 radical (unpaired) electrons. The predicted octanol–water partition coefficient (Wildman–Crippen LogP) is 2.50. The van der Waals surface area contributed by atoms with Crippen LogP contribution in [-0.2, 0) is 13.0 Å². The highest BCUT2D eigenvalue weighted by atomic mass is 16.6. The van der Waals surface area contributed by atoms with Crippen LogP contribution in [0, 0.1) is 10.1 Å². The van der Waals surface area contributed by atoms with Gasteiger partial charge in [-0.2, -0.15) is 0 Å². The highest BCUT2D eigenvalue weighted by molar-refractivity contribution is 5.90. The first-order valence-corrected chi connectivity index (χ1v) is 5.03. The summed E-state index contributed by atoms with van der Waals surface area (Å²) in [6.45, 7) is 0.986. The largest absolute Gasteiger partial charge is 0.344 e. The Morgan fingerprint density at radius 3 is 3.07 bits per heavy atom. The minimum Gasteiger partial charge on any atom is -0.344 e. The fraction of sp³-hybridized carbons (Fsp3) is 0.273. The van der Waals surface area contributed by atoms with Gasteiger partial charge in [0.25, 0.3) is 5.69 Å². The van der Waals surface area contributed by atoms with E-state index in [0.29, 0.717) is 0 Å². The fourth-order valence-electron chi connectivity index (χ4n) is 2.37. The van der Waals surface area contributed by atoms with Gasteiger partial charge in [0.15, 0.2) is 0 Å². The maximum atomic E-state index is 10.8. The summed E-state index contributed by atoms with van der Waals surface area (Å²) in [4.78, 5) is 10.5. The molecule has 0 saturated heterocycles. The number of hydrogen-bond acceptors (Lipinski definition) is 2. The second-order valence-corrected chi connectivity index (χ2v) is 3.86. The Morgan fingerprint density at radius 1 is 1.40 bits per heavy atom. The molecule has 3 rings (SSSR count). The van der Waals surface area contributed by atoms with E-state index < -0.39 is 0 Å². The highest BCUT2D eigenvalue weighted by Crippen LogP contribution is 2.31. The molecule has 0 spiro atoms. The molecule has 76 valence electrons. The van der Waals surface area contributed by atoms with Crippen molar-refractivity contribution >= 4 is 16.6 Å². The van der Waals surface area contributed by atoms with Gasteiger partial charge in [0.05, 0.1) is 15.8 Å². The van der Waals surface area contributed by atoms with Gasteiger partial charge in [-0.15, -0.1) is 0 Å². The van der Waals surface area contributed by atoms with Crippen LogP contribution in [0.25, 0.3) is 10.9 Å². The Balaban J connectivity index is 2.37. The second kappa shape index (κ2) is 2.82. The molecule has 0 unspecified atom stereocenters. The summed E-state index contributed by atoms with van der Waals surface area (Å²) in [6.07, 6.45) is 2.18. The maximum absolute atomic E-state index is 10.8. The van der Waals surface area contributed by atoms with Crippen molar-refractivity contribution in [1.29, 1.82) is 0 Å². The van der Waals surface area contributed by atoms with Crippen LogP contribution < -0.4 is 0 Å². The SMILES string of the molecule is O=[N+]([O-])c1cccc2c1cc1n2CCC1. The minimum absolute atomic E-state index is 0.217. The van der Waals surface area contributed by atoms with E-state index in [4.69, 9.17) is 0 Å². The summed E-state index contributed by atoms with van der Waals surface area (Å²) in [5.41, 5.74) is 2.44. The highest BCUT2D eigenvalue weighted by Gasteiger charge is 2.19. The van der Waals surface area contributed by atoms with Crippen LogP contribution in [0.4, 0.5) is 5.69 Å². The van der Waals surface area contributed by atoms with Gasteiger partial charge in [-0.25, -0.2) is 0 Å². The molecule has 1 aromatic carbocycles. The summed E-state index contributed by atoms with van der Waals surface area (Å²) < 4.78 is 2.18. The van der Waals surface area contributed by atoms with Crippen molar-refractivity contribution in [3.63, 3.8) is 0 Å². The van der Waals surface area contributed by atoms with Crippen molar-refractivity contribution in [3.8, 4) is 0 Å². The zero-order chi connectivity index (χ0) is 10.4. The topological polar surface area (TPSA) is 48.1 Å². The van der Waals surface area contributed by atoms with Gasteiger partial charge < -0.3 is 4.57 Å². The van der Waals surface area contributed by atoms with Crippen molar-refractivity contribution in [2.75, 3.05) is 0 Å². The molecule has 1 aliphatic rings. The molecule has 0 amide bonds. The van der Waals surface area contributed by atoms with Crippen LogP contribution >= 0.6 is 0 Å². The first-order chi connectivity index (χ1) is 7.27. The molecule has 0 saturated carbocycles. The molecular formula is C11H10N2O2. The van der Waals surface area contributed by atoms with Gasteiger partial charge in [-0.05, 0) is 25.0 Å². The minimum atomic E-state index is -0.307. The van der Waals surface area contributed by atoms with Crippen LogP contribution in [0.15, 0.2) is 24.3 Å². The van der Waals surface area contributed by atoms with Crippen molar-refractivity contribution in [1.82, 2.24) is 4.57 Å². The third-order valence-corrected chi connectivity index (χ3v) is 3.02. The van der Waals surface area contributed by atoms with Crippen LogP contribution in [-0.4, -0.2) is 9.49 Å². The third-order valence-electron chi connectivity index (χ3n) is 3.02. The summed E-state index contributed by atoms with van der Waals surface area (Å²) in [5.74, 6) is 0. The molecular weight excluding hydrogens is 192 g/mol. The van der Waals surface area contributed by atoms with Crippen molar-refractivity contribution in [2.45, 2.75) is 19.4 Å². The Bertz CT molecular complexity index is 557. The molecule has 0 bridgehead atoms. The number of aryl methyl sites for hydroxylation is 2. The molecule has 1 aromatic heterocycles. The Kier molecular flexibility index (Phi) is 1.59. The standard InChI is InChI=1S/C11H10N2O2/c14-13(15)11-5-1-4-10-9(11)7-8-3-2-6-12(8)10/h1,4-5,7H,2-3,6H2. The molecule has 1 aliphatic heterocycles. The van der Waals surface area contributed by atoms with Gasteiger partial charge in [-0.1, -0.05) is 6.07 Å². The van der Waals surface area contributed by atoms with E-state index >= 15 is 0 Å². The first kappa shape index (κ1) is 8.47. The molecule has 4 nitrogen and oxygen atoms in total. The van der Waals surface area contributed by atoms with Crippen LogP contribution in [0.5, 0.6) is 0 Å². The van der Waals surface area contributed by atoms with E-state index in [-0.39, 0.29) is 10.6 Å². The van der Waals surface area contributed by atoms with E-state index in [0.717, 1.165) is 30.3 Å². The molecule has 4 heteroatoms. The van der Waals surface area contributed by atoms with Gasteiger partial charge >= 0.3 is 0 Å². The van der Waals surface area contributed by atoms with Crippen molar-refractivity contribution in [3.05, 3.63) is 40.1 Å². The van der Waals surface area contributed by atoms with E-state index in [1.54, 1.807) is 12.1 Å². The average Bonchev–Trinajstić information content (AvgIpc) is 2.75. The number of aromatic nitrogens is 1. The number of hydrogen-bond donors (Lipinski definition) is 0. The summed E-state index contributed by atoms with van der Waals surface area (Å²) >= 11 is 0. The third kappa shape index (κ3) is 1.08. The molecule has 0 aliphatic carbocycles. The van der Waals surface area contributed by atoms with E-state index in [9.17, 15) is 10.1 Å². The monoisotopic (exact) mass is 202 g/mol.